The Morgan fingerprint density at radius 2 is 1.77 bits per heavy atom. The van der Waals surface area contributed by atoms with Gasteiger partial charge in [-0.15, -0.1) is 0 Å². The molecule has 5 rings (SSSR count). The van der Waals surface area contributed by atoms with Crippen LogP contribution in [0.25, 0.3) is 22.0 Å². The molecule has 5 aromatic rings. The predicted octanol–water partition coefficient (Wildman–Crippen LogP) is 5.50. The first kappa shape index (κ1) is 32.8. The number of anilines is 3. The summed E-state index contributed by atoms with van der Waals surface area (Å²) in [4.78, 5) is 33.4. The number of aryl methyl sites for hydroxylation is 1. The summed E-state index contributed by atoms with van der Waals surface area (Å²) in [6.45, 7) is 2.39. The lowest BCUT2D eigenvalue weighted by Gasteiger charge is -2.22. The van der Waals surface area contributed by atoms with Gasteiger partial charge in [-0.05, 0) is 44.8 Å². The molecule has 3 heterocycles. The van der Waals surface area contributed by atoms with E-state index in [4.69, 9.17) is 9.47 Å². The van der Waals surface area contributed by atoms with Crippen LogP contribution >= 0.6 is 0 Å². The molecule has 1 unspecified atom stereocenters. The molecule has 0 spiro atoms. The van der Waals surface area contributed by atoms with Crippen molar-refractivity contribution in [3.63, 3.8) is 0 Å². The molecule has 0 fully saturated rings. The van der Waals surface area contributed by atoms with E-state index in [1.54, 1.807) is 67.3 Å². The Morgan fingerprint density at radius 3 is 2.40 bits per heavy atom. The number of pyridine rings is 2. The average molecular weight is 644 g/mol. The van der Waals surface area contributed by atoms with Gasteiger partial charge in [0, 0.05) is 61.3 Å². The number of nitrogens with one attached hydrogen (secondary N) is 2. The van der Waals surface area contributed by atoms with Crippen LogP contribution in [0.15, 0.2) is 77.9 Å². The lowest BCUT2D eigenvalue weighted by Crippen LogP contribution is -2.26. The minimum Gasteiger partial charge on any atom is -0.494 e. The highest BCUT2D eigenvalue weighted by atomic mass is 19.1. The number of carbonyl (C=O) groups excluding carboxylic acids is 1. The predicted molar refractivity (Wildman–Crippen MR) is 178 cm³/mol. The third kappa shape index (κ3) is 6.99. The van der Waals surface area contributed by atoms with Crippen LogP contribution in [0.3, 0.4) is 0 Å². The van der Waals surface area contributed by atoms with Crippen molar-refractivity contribution in [2.75, 3.05) is 45.5 Å². The van der Waals surface area contributed by atoms with Gasteiger partial charge >= 0.3 is 0 Å². The van der Waals surface area contributed by atoms with Crippen molar-refractivity contribution in [1.29, 1.82) is 0 Å². The van der Waals surface area contributed by atoms with Crippen LogP contribution in [0.4, 0.5) is 26.1 Å². The number of aromatic nitrogens is 4. The molecule has 2 aromatic carbocycles. The number of benzene rings is 2. The number of hydrogen-bond acceptors (Lipinski definition) is 8. The largest absolute Gasteiger partial charge is 0.494 e. The third-order valence-corrected chi connectivity index (χ3v) is 7.50. The van der Waals surface area contributed by atoms with Crippen LogP contribution in [0.2, 0.25) is 0 Å². The van der Waals surface area contributed by atoms with Gasteiger partial charge in [0.1, 0.15) is 5.82 Å². The molecule has 0 aliphatic carbocycles. The summed E-state index contributed by atoms with van der Waals surface area (Å²) in [7, 11) is 8.06. The van der Waals surface area contributed by atoms with E-state index in [-0.39, 0.29) is 23.0 Å². The van der Waals surface area contributed by atoms with Crippen LogP contribution < -0.4 is 25.7 Å². The second kappa shape index (κ2) is 13.8. The summed E-state index contributed by atoms with van der Waals surface area (Å²) in [6, 6.07) is 12.3. The Morgan fingerprint density at radius 1 is 1.04 bits per heavy atom. The van der Waals surface area contributed by atoms with Crippen molar-refractivity contribution < 1.29 is 23.0 Å². The maximum absolute atomic E-state index is 15.7. The van der Waals surface area contributed by atoms with E-state index >= 15 is 8.78 Å². The first-order valence-corrected chi connectivity index (χ1v) is 14.6. The number of methoxy groups -OCH3 is 2. The zero-order chi connectivity index (χ0) is 33.8. The van der Waals surface area contributed by atoms with E-state index in [1.165, 1.54) is 37.1 Å². The Balaban J connectivity index is 1.67. The van der Waals surface area contributed by atoms with Crippen molar-refractivity contribution in [3.05, 3.63) is 101 Å². The first-order valence-electron chi connectivity index (χ1n) is 14.6. The summed E-state index contributed by atoms with van der Waals surface area (Å²) in [5.74, 6) is -2.04. The van der Waals surface area contributed by atoms with Crippen molar-refractivity contribution in [2.45, 2.75) is 13.0 Å². The maximum Gasteiger partial charge on any atom is 0.259 e. The number of ether oxygens (including phenoxy) is 2. The van der Waals surface area contributed by atoms with Crippen LogP contribution in [0.5, 0.6) is 11.5 Å². The van der Waals surface area contributed by atoms with Crippen molar-refractivity contribution >= 4 is 34.1 Å². The molecule has 0 aliphatic rings. The van der Waals surface area contributed by atoms with Gasteiger partial charge in [0.2, 0.25) is 5.91 Å². The second-order valence-electron chi connectivity index (χ2n) is 11.1. The van der Waals surface area contributed by atoms with Crippen LogP contribution in [-0.2, 0) is 11.8 Å². The summed E-state index contributed by atoms with van der Waals surface area (Å²) in [6.07, 6.45) is 6.47. The highest BCUT2D eigenvalue weighted by Gasteiger charge is 2.26. The smallest absolute Gasteiger partial charge is 0.259 e. The number of halogens is 2. The molecular weight excluding hydrogens is 608 g/mol. The number of carbonyl (C=O) groups is 1. The number of amides is 1. The van der Waals surface area contributed by atoms with Gasteiger partial charge in [-0.2, -0.15) is 5.10 Å². The van der Waals surface area contributed by atoms with E-state index in [2.05, 4.69) is 20.7 Å². The Kier molecular flexibility index (Phi) is 9.66. The fourth-order valence-electron chi connectivity index (χ4n) is 5.18. The molecule has 1 atom stereocenters. The molecular formula is C34H35F2N7O4. The van der Waals surface area contributed by atoms with Crippen LogP contribution in [0.1, 0.15) is 18.5 Å². The molecule has 0 radical (unpaired) electrons. The molecule has 0 aliphatic heterocycles. The van der Waals surface area contributed by atoms with E-state index in [1.807, 2.05) is 19.0 Å². The first-order chi connectivity index (χ1) is 22.5. The van der Waals surface area contributed by atoms with E-state index < -0.39 is 28.8 Å². The highest BCUT2D eigenvalue weighted by Crippen LogP contribution is 2.38. The van der Waals surface area contributed by atoms with E-state index in [0.29, 0.717) is 40.3 Å². The van der Waals surface area contributed by atoms with Gasteiger partial charge in [-0.25, -0.2) is 13.8 Å². The molecule has 47 heavy (non-hydrogen) atoms. The topological polar surface area (TPSA) is 116 Å². The number of hydrogen-bond donors (Lipinski definition) is 2. The third-order valence-electron chi connectivity index (χ3n) is 7.50. The maximum atomic E-state index is 15.7. The molecule has 13 heteroatoms. The number of nitrogens with zero attached hydrogens (tertiary/aromatic N) is 5. The highest BCUT2D eigenvalue weighted by molar-refractivity contribution is 5.99. The molecule has 1 amide bonds. The molecule has 0 bridgehead atoms. The van der Waals surface area contributed by atoms with Gasteiger partial charge in [0.05, 0.1) is 36.9 Å². The standard InChI is InChI=1S/C34H35F2N7O4/c1-20(21-9-7-10-23(15-21)38-30(44)11-8-13-41(2)3)43-25-17-29(39-28-12-14-42(4)40-28)37-19-22(25)16-24(34(43)45)31-32(35)26(46-5)18-27(47-6)33(31)36/h7-12,14-20H,13H2,1-6H3,(H,38,44)(H,37,39,40)/b11-8+. The fraction of sp³-hybridized carbons (Fsp3) is 0.235. The number of likely N-dealkylation sites (N-methyl/N-ethyl adjacent to an activating group) is 1. The lowest BCUT2D eigenvalue weighted by atomic mass is 10.0. The zero-order valence-electron chi connectivity index (χ0n) is 26.8. The molecule has 0 saturated heterocycles. The second-order valence-corrected chi connectivity index (χ2v) is 11.1. The zero-order valence-corrected chi connectivity index (χ0v) is 26.8. The van der Waals surface area contributed by atoms with Crippen molar-refractivity contribution in [3.8, 4) is 22.6 Å². The van der Waals surface area contributed by atoms with E-state index in [0.717, 1.165) is 6.07 Å². The van der Waals surface area contributed by atoms with Gasteiger partial charge in [0.15, 0.2) is 29.0 Å². The summed E-state index contributed by atoms with van der Waals surface area (Å²) in [5.41, 5.74) is 0.0945. The Hall–Kier alpha value is -5.56. The van der Waals surface area contributed by atoms with Crippen molar-refractivity contribution in [1.82, 2.24) is 24.2 Å². The number of fused-ring (bicyclic) bond motifs is 1. The Bertz CT molecular complexity index is 2010. The lowest BCUT2D eigenvalue weighted by molar-refractivity contribution is -0.111. The molecule has 0 saturated carbocycles. The normalized spacial score (nSPS) is 12.1. The molecule has 11 nitrogen and oxygen atoms in total. The summed E-state index contributed by atoms with van der Waals surface area (Å²) in [5, 5.41) is 10.7. The van der Waals surface area contributed by atoms with Crippen LogP contribution in [-0.4, -0.2) is 65.0 Å². The molecule has 244 valence electrons. The molecule has 2 N–H and O–H groups in total. The minimum absolute atomic E-state index is 0.251. The minimum atomic E-state index is -1.05. The quantitative estimate of drug-likeness (QED) is 0.181. The summed E-state index contributed by atoms with van der Waals surface area (Å²) >= 11 is 0. The van der Waals surface area contributed by atoms with Gasteiger partial charge in [0.25, 0.3) is 5.56 Å². The van der Waals surface area contributed by atoms with Crippen LogP contribution in [0, 0.1) is 11.6 Å². The van der Waals surface area contributed by atoms with Gasteiger partial charge in [-0.1, -0.05) is 18.2 Å². The van der Waals surface area contributed by atoms with E-state index in [9.17, 15) is 9.59 Å². The summed E-state index contributed by atoms with van der Waals surface area (Å²) < 4.78 is 44.8. The van der Waals surface area contributed by atoms with Crippen molar-refractivity contribution in [2.24, 2.45) is 7.05 Å². The monoisotopic (exact) mass is 643 g/mol. The molecule has 3 aromatic heterocycles. The number of rotatable bonds is 11. The SMILES string of the molecule is COc1cc(OC)c(F)c(-c2cc3cnc(Nc4ccn(C)n4)cc3n(C(C)c3cccc(NC(=O)/C=C/CN(C)C)c3)c2=O)c1F. The van der Waals surface area contributed by atoms with Gasteiger partial charge in [-0.3, -0.25) is 14.3 Å². The fourth-order valence-corrected chi connectivity index (χ4v) is 5.18. The Labute approximate surface area is 270 Å². The van der Waals surface area contributed by atoms with Gasteiger partial charge < -0.3 is 29.6 Å². The average Bonchev–Trinajstić information content (AvgIpc) is 3.45.